The topological polar surface area (TPSA) is 63.4 Å². The Morgan fingerprint density at radius 1 is 1.09 bits per heavy atom. The van der Waals surface area contributed by atoms with Crippen LogP contribution in [0.3, 0.4) is 0 Å². The van der Waals surface area contributed by atoms with Gasteiger partial charge >= 0.3 is 0 Å². The maximum absolute atomic E-state index is 15.3. The summed E-state index contributed by atoms with van der Waals surface area (Å²) in [5.74, 6) is -0.268. The highest BCUT2D eigenvalue weighted by Crippen LogP contribution is 2.33. The number of hydrogen-bond acceptors (Lipinski definition) is 6. The Balaban J connectivity index is 1.57. The maximum Gasteiger partial charge on any atom is 0.184 e. The number of hydrazone groups is 1. The standard InChI is InChI=1S/C24H31ClFN7S/c1-30(2)18-7-8-33(16-18)22-14-23(20(26)13-17(22)15-28-29-24(27)34)32-11-9-31(10-12-32)21-6-4-3-5-19(21)25/h3-6,13-15,18H,7-12,16H2,1-2H3,(H3,27,29,34). The van der Waals surface area contributed by atoms with E-state index in [0.717, 1.165) is 49.0 Å². The average Bonchev–Trinajstić information content (AvgIpc) is 3.30. The van der Waals surface area contributed by atoms with Crippen LogP contribution in [0.5, 0.6) is 0 Å². The molecule has 0 aliphatic carbocycles. The van der Waals surface area contributed by atoms with E-state index in [9.17, 15) is 0 Å². The van der Waals surface area contributed by atoms with E-state index in [1.54, 1.807) is 12.3 Å². The number of likely N-dealkylation sites (N-methyl/N-ethyl adjacent to an activating group) is 1. The summed E-state index contributed by atoms with van der Waals surface area (Å²) >= 11 is 11.2. The molecule has 2 aromatic carbocycles. The van der Waals surface area contributed by atoms with Crippen molar-refractivity contribution in [1.82, 2.24) is 10.3 Å². The molecule has 3 N–H and O–H groups in total. The third kappa shape index (κ3) is 5.54. The van der Waals surface area contributed by atoms with Crippen molar-refractivity contribution in [3.63, 3.8) is 0 Å². The molecule has 1 unspecified atom stereocenters. The molecular formula is C24H31ClFN7S. The third-order valence-electron chi connectivity index (χ3n) is 6.52. The lowest BCUT2D eigenvalue weighted by atomic mass is 10.1. The minimum atomic E-state index is -0.268. The van der Waals surface area contributed by atoms with E-state index < -0.39 is 0 Å². The molecule has 2 fully saturated rings. The predicted octanol–water partition coefficient (Wildman–Crippen LogP) is 3.11. The minimum Gasteiger partial charge on any atom is -0.375 e. The number of nitrogens with zero attached hydrogens (tertiary/aromatic N) is 5. The summed E-state index contributed by atoms with van der Waals surface area (Å²) in [6.45, 7) is 4.73. The zero-order valence-electron chi connectivity index (χ0n) is 19.5. The molecule has 2 heterocycles. The Kier molecular flexibility index (Phi) is 7.75. The van der Waals surface area contributed by atoms with Crippen LogP contribution in [0.4, 0.5) is 21.5 Å². The van der Waals surface area contributed by atoms with Crippen LogP contribution in [0.1, 0.15) is 12.0 Å². The molecular weight excluding hydrogens is 473 g/mol. The van der Waals surface area contributed by atoms with Gasteiger partial charge in [0.15, 0.2) is 5.11 Å². The predicted molar refractivity (Wildman–Crippen MR) is 144 cm³/mol. The fourth-order valence-electron chi connectivity index (χ4n) is 4.63. The first kappa shape index (κ1) is 24.5. The number of piperazine rings is 1. The number of benzene rings is 2. The molecule has 0 radical (unpaired) electrons. The highest BCUT2D eigenvalue weighted by molar-refractivity contribution is 7.80. The second-order valence-corrected chi connectivity index (χ2v) is 9.72. The summed E-state index contributed by atoms with van der Waals surface area (Å²) < 4.78 is 15.3. The van der Waals surface area contributed by atoms with E-state index in [1.807, 2.05) is 30.3 Å². The molecule has 0 bridgehead atoms. The van der Waals surface area contributed by atoms with Crippen LogP contribution >= 0.6 is 23.8 Å². The SMILES string of the molecule is CN(C)C1CCN(c2cc(N3CCN(c4ccccc4Cl)CC3)c(F)cc2C=NNC(N)=S)C1. The molecule has 2 saturated heterocycles. The Morgan fingerprint density at radius 2 is 1.76 bits per heavy atom. The second kappa shape index (κ2) is 10.8. The first-order valence-corrected chi connectivity index (χ1v) is 12.2. The van der Waals surface area contributed by atoms with E-state index >= 15 is 4.39 Å². The average molecular weight is 504 g/mol. The van der Waals surface area contributed by atoms with Gasteiger partial charge in [-0.3, -0.25) is 5.43 Å². The number of nitrogens with two attached hydrogens (primary N) is 1. The lowest BCUT2D eigenvalue weighted by Crippen LogP contribution is -2.47. The monoisotopic (exact) mass is 503 g/mol. The summed E-state index contributed by atoms with van der Waals surface area (Å²) in [4.78, 5) is 8.90. The van der Waals surface area contributed by atoms with Crippen LogP contribution in [-0.4, -0.2) is 75.6 Å². The van der Waals surface area contributed by atoms with Crippen molar-refractivity contribution in [2.45, 2.75) is 12.5 Å². The maximum atomic E-state index is 15.3. The van der Waals surface area contributed by atoms with Gasteiger partial charge in [0.2, 0.25) is 0 Å². The van der Waals surface area contributed by atoms with Crippen molar-refractivity contribution in [3.8, 4) is 0 Å². The van der Waals surface area contributed by atoms with Crippen LogP contribution in [0.25, 0.3) is 0 Å². The van der Waals surface area contributed by atoms with Crippen LogP contribution in [0.15, 0.2) is 41.5 Å². The van der Waals surface area contributed by atoms with E-state index in [1.165, 1.54) is 0 Å². The fourth-order valence-corrected chi connectivity index (χ4v) is 4.94. The first-order chi connectivity index (χ1) is 16.3. The van der Waals surface area contributed by atoms with E-state index in [2.05, 4.69) is 44.2 Å². The molecule has 2 aliphatic heterocycles. The van der Waals surface area contributed by atoms with E-state index in [4.69, 9.17) is 29.6 Å². The molecule has 10 heteroatoms. The van der Waals surface area contributed by atoms with Crippen molar-refractivity contribution >= 4 is 52.2 Å². The van der Waals surface area contributed by atoms with E-state index in [0.29, 0.717) is 30.4 Å². The van der Waals surface area contributed by atoms with Gasteiger partial charge in [-0.25, -0.2) is 4.39 Å². The molecule has 4 rings (SSSR count). The van der Waals surface area contributed by atoms with Crippen molar-refractivity contribution in [3.05, 3.63) is 52.8 Å². The van der Waals surface area contributed by atoms with Gasteiger partial charge in [0.1, 0.15) is 5.82 Å². The highest BCUT2D eigenvalue weighted by Gasteiger charge is 2.28. The molecule has 0 saturated carbocycles. The van der Waals surface area contributed by atoms with Crippen molar-refractivity contribution in [2.75, 3.05) is 68.1 Å². The smallest absolute Gasteiger partial charge is 0.184 e. The normalized spacial score (nSPS) is 18.9. The number of hydrogen-bond donors (Lipinski definition) is 2. The van der Waals surface area contributed by atoms with Crippen LogP contribution in [0.2, 0.25) is 5.02 Å². The third-order valence-corrected chi connectivity index (χ3v) is 6.93. The van der Waals surface area contributed by atoms with Gasteiger partial charge in [0, 0.05) is 56.6 Å². The Bertz CT molecular complexity index is 1060. The molecule has 0 amide bonds. The Morgan fingerprint density at radius 3 is 2.38 bits per heavy atom. The van der Waals surface area contributed by atoms with Crippen LogP contribution in [0, 0.1) is 5.82 Å². The zero-order valence-corrected chi connectivity index (χ0v) is 21.1. The van der Waals surface area contributed by atoms with Crippen LogP contribution < -0.4 is 25.9 Å². The number of halogens is 2. The summed E-state index contributed by atoms with van der Waals surface area (Å²) in [5.41, 5.74) is 11.3. The van der Waals surface area contributed by atoms with Gasteiger partial charge in [-0.1, -0.05) is 23.7 Å². The molecule has 182 valence electrons. The van der Waals surface area contributed by atoms with Gasteiger partial charge in [-0.05, 0) is 57.0 Å². The Hall–Kier alpha value is -2.62. The van der Waals surface area contributed by atoms with Crippen molar-refractivity contribution in [1.29, 1.82) is 0 Å². The second-order valence-electron chi connectivity index (χ2n) is 8.87. The van der Waals surface area contributed by atoms with Gasteiger partial charge in [-0.2, -0.15) is 5.10 Å². The number of rotatable bonds is 6. The van der Waals surface area contributed by atoms with Crippen molar-refractivity contribution < 1.29 is 4.39 Å². The van der Waals surface area contributed by atoms with Gasteiger partial charge in [-0.15, -0.1) is 0 Å². The number of anilines is 3. The number of thiocarbonyl (C=S) groups is 1. The molecule has 0 spiro atoms. The van der Waals surface area contributed by atoms with Gasteiger partial charge in [0.05, 0.1) is 22.6 Å². The number of para-hydroxylation sites is 1. The number of nitrogens with one attached hydrogen (secondary N) is 1. The molecule has 34 heavy (non-hydrogen) atoms. The minimum absolute atomic E-state index is 0.0696. The summed E-state index contributed by atoms with van der Waals surface area (Å²) in [5, 5.41) is 4.89. The fraction of sp³-hybridized carbons (Fsp3) is 0.417. The quantitative estimate of drug-likeness (QED) is 0.357. The van der Waals surface area contributed by atoms with Gasteiger partial charge in [0.25, 0.3) is 0 Å². The molecule has 2 aromatic rings. The zero-order chi connectivity index (χ0) is 24.2. The summed E-state index contributed by atoms with van der Waals surface area (Å²) in [6.07, 6.45) is 2.64. The molecule has 7 nitrogen and oxygen atoms in total. The lowest BCUT2D eigenvalue weighted by Gasteiger charge is -2.38. The lowest BCUT2D eigenvalue weighted by molar-refractivity contribution is 0.315. The van der Waals surface area contributed by atoms with Crippen LogP contribution in [-0.2, 0) is 0 Å². The first-order valence-electron chi connectivity index (χ1n) is 11.4. The largest absolute Gasteiger partial charge is 0.375 e. The summed E-state index contributed by atoms with van der Waals surface area (Å²) in [7, 11) is 4.19. The van der Waals surface area contributed by atoms with E-state index in [-0.39, 0.29) is 10.9 Å². The highest BCUT2D eigenvalue weighted by atomic mass is 35.5. The Labute approximate surface area is 210 Å². The summed E-state index contributed by atoms with van der Waals surface area (Å²) in [6, 6.07) is 11.8. The molecule has 2 aliphatic rings. The molecule has 1 atom stereocenters. The van der Waals surface area contributed by atoms with Gasteiger partial charge < -0.3 is 25.3 Å². The van der Waals surface area contributed by atoms with Crippen molar-refractivity contribution in [2.24, 2.45) is 10.8 Å². The molecule has 0 aromatic heterocycles.